The van der Waals surface area contributed by atoms with Crippen LogP contribution in [0.4, 0.5) is 0 Å². The van der Waals surface area contributed by atoms with Gasteiger partial charge in [-0.25, -0.2) is 0 Å². The summed E-state index contributed by atoms with van der Waals surface area (Å²) in [5, 5.41) is 27.7. The molecule has 4 heteroatoms. The first-order valence-electron chi connectivity index (χ1n) is 16.4. The van der Waals surface area contributed by atoms with Crippen LogP contribution < -0.4 is 0 Å². The van der Waals surface area contributed by atoms with Crippen molar-refractivity contribution in [3.05, 3.63) is 138 Å². The molecule has 0 amide bonds. The van der Waals surface area contributed by atoms with E-state index < -0.39 is 0 Å². The van der Waals surface area contributed by atoms with Crippen LogP contribution in [0.15, 0.2) is 115 Å². The van der Waals surface area contributed by atoms with Gasteiger partial charge in [0.2, 0.25) is 0 Å². The normalized spacial score (nSPS) is 13.1. The number of benzene rings is 6. The lowest BCUT2D eigenvalue weighted by molar-refractivity contribution is 0.985. The molecule has 0 atom stereocenters. The van der Waals surface area contributed by atoms with E-state index in [-0.39, 0.29) is 0 Å². The van der Waals surface area contributed by atoms with E-state index in [1.165, 1.54) is 87.7 Å². The third-order valence-electron chi connectivity index (χ3n) is 10.7. The van der Waals surface area contributed by atoms with Crippen molar-refractivity contribution in [1.29, 1.82) is 10.5 Å². The Morgan fingerprint density at radius 3 is 1.75 bits per heavy atom. The number of hydrogen-bond acceptors (Lipinski definition) is 2. The Morgan fingerprint density at radius 1 is 0.521 bits per heavy atom. The maximum Gasteiger partial charge on any atom is 0.0991 e. The van der Waals surface area contributed by atoms with E-state index in [2.05, 4.69) is 118 Å². The third kappa shape index (κ3) is 3.07. The van der Waals surface area contributed by atoms with Crippen molar-refractivity contribution >= 4 is 71.4 Å². The summed E-state index contributed by atoms with van der Waals surface area (Å²) in [4.78, 5) is 0. The summed E-state index contributed by atoms with van der Waals surface area (Å²) in [6, 6.07) is 43.2. The first-order chi connectivity index (χ1) is 23.7. The summed E-state index contributed by atoms with van der Waals surface area (Å²) in [5.41, 5.74) is 14.9. The number of aryl methyl sites for hydroxylation is 1. The Balaban J connectivity index is 1.27. The molecule has 48 heavy (non-hydrogen) atoms. The second kappa shape index (κ2) is 9.01. The van der Waals surface area contributed by atoms with Gasteiger partial charge in [-0.05, 0) is 89.2 Å². The van der Waals surface area contributed by atoms with E-state index >= 15 is 0 Å². The average molecular weight is 609 g/mol. The molecule has 10 aromatic rings. The number of para-hydroxylation sites is 1. The minimum Gasteiger partial charge on any atom is -0.308 e. The molecule has 0 aliphatic heterocycles. The van der Waals surface area contributed by atoms with E-state index in [1.54, 1.807) is 0 Å². The molecule has 1 aliphatic carbocycles. The Labute approximate surface area is 274 Å². The second-order valence-electron chi connectivity index (χ2n) is 13.0. The first kappa shape index (κ1) is 25.6. The van der Waals surface area contributed by atoms with Crippen molar-refractivity contribution in [1.82, 2.24) is 8.80 Å². The zero-order valence-corrected chi connectivity index (χ0v) is 25.8. The molecule has 4 nitrogen and oxygen atoms in total. The number of aromatic nitrogens is 2. The van der Waals surface area contributed by atoms with E-state index in [9.17, 15) is 10.5 Å². The summed E-state index contributed by atoms with van der Waals surface area (Å²) in [7, 11) is 0. The van der Waals surface area contributed by atoms with Crippen LogP contribution in [0, 0.1) is 22.7 Å². The van der Waals surface area contributed by atoms with Gasteiger partial charge in [-0.1, -0.05) is 72.8 Å². The van der Waals surface area contributed by atoms with E-state index in [0.29, 0.717) is 11.1 Å². The maximum absolute atomic E-state index is 9.41. The van der Waals surface area contributed by atoms with Crippen LogP contribution in [0.1, 0.15) is 28.8 Å². The summed E-state index contributed by atoms with van der Waals surface area (Å²) in [6.45, 7) is 0. The Kier molecular flexibility index (Phi) is 4.80. The van der Waals surface area contributed by atoms with Crippen LogP contribution in [0.5, 0.6) is 0 Å². The highest BCUT2D eigenvalue weighted by Crippen LogP contribution is 2.48. The van der Waals surface area contributed by atoms with Gasteiger partial charge < -0.3 is 8.80 Å². The molecule has 1 aliphatic rings. The number of fused-ring (bicyclic) bond motifs is 12. The van der Waals surface area contributed by atoms with Crippen molar-refractivity contribution < 1.29 is 0 Å². The summed E-state index contributed by atoms with van der Waals surface area (Å²) in [6.07, 6.45) is 6.67. The van der Waals surface area contributed by atoms with Crippen molar-refractivity contribution in [2.24, 2.45) is 0 Å². The third-order valence-corrected chi connectivity index (χ3v) is 10.7. The molecule has 0 radical (unpaired) electrons. The number of allylic oxidation sites excluding steroid dienone is 1. The molecular formula is C44H24N4. The molecule has 0 unspecified atom stereocenters. The molecule has 11 rings (SSSR count). The number of nitriles is 2. The van der Waals surface area contributed by atoms with Crippen LogP contribution in [0.3, 0.4) is 0 Å². The highest BCUT2D eigenvalue weighted by atomic mass is 14.9. The van der Waals surface area contributed by atoms with Crippen molar-refractivity contribution in [2.45, 2.75) is 12.8 Å². The Bertz CT molecular complexity index is 3100. The lowest BCUT2D eigenvalue weighted by Crippen LogP contribution is -1.95. The molecule has 4 heterocycles. The van der Waals surface area contributed by atoms with E-state index in [0.717, 1.165) is 24.0 Å². The van der Waals surface area contributed by atoms with Gasteiger partial charge in [-0.15, -0.1) is 0 Å². The first-order valence-corrected chi connectivity index (χ1v) is 16.4. The van der Waals surface area contributed by atoms with Crippen molar-refractivity contribution in [3.8, 4) is 34.4 Å². The highest BCUT2D eigenvalue weighted by molar-refractivity contribution is 6.29. The van der Waals surface area contributed by atoms with Crippen LogP contribution in [0.25, 0.3) is 93.6 Å². The number of rotatable bonds is 2. The zero-order chi connectivity index (χ0) is 31.7. The van der Waals surface area contributed by atoms with Gasteiger partial charge in [-0.3, -0.25) is 0 Å². The maximum atomic E-state index is 9.41. The van der Waals surface area contributed by atoms with E-state index in [4.69, 9.17) is 0 Å². The smallest absolute Gasteiger partial charge is 0.0991 e. The fraction of sp³-hybridized carbons (Fsp3) is 0.0455. The lowest BCUT2D eigenvalue weighted by atomic mass is 9.92. The fourth-order valence-corrected chi connectivity index (χ4v) is 8.70. The van der Waals surface area contributed by atoms with Gasteiger partial charge >= 0.3 is 0 Å². The van der Waals surface area contributed by atoms with Crippen molar-refractivity contribution in [3.63, 3.8) is 0 Å². The molecule has 0 bridgehead atoms. The molecule has 4 aromatic heterocycles. The molecule has 6 aromatic carbocycles. The summed E-state index contributed by atoms with van der Waals surface area (Å²) in [5.74, 6) is 0. The molecule has 0 spiro atoms. The summed E-state index contributed by atoms with van der Waals surface area (Å²) >= 11 is 0. The van der Waals surface area contributed by atoms with Crippen LogP contribution >= 0.6 is 0 Å². The van der Waals surface area contributed by atoms with Crippen LogP contribution in [-0.4, -0.2) is 8.80 Å². The monoisotopic (exact) mass is 608 g/mol. The van der Waals surface area contributed by atoms with E-state index in [1.807, 2.05) is 24.3 Å². The minimum absolute atomic E-state index is 0.667. The Hall–Kier alpha value is -6.62. The number of nitrogens with zero attached hydrogens (tertiary/aromatic N) is 4. The second-order valence-corrected chi connectivity index (χ2v) is 13.0. The predicted octanol–water partition coefficient (Wildman–Crippen LogP) is 10.9. The predicted molar refractivity (Wildman–Crippen MR) is 196 cm³/mol. The lowest BCUT2D eigenvalue weighted by Gasteiger charge is -2.11. The molecule has 0 fully saturated rings. The average Bonchev–Trinajstić information content (AvgIpc) is 3.87. The Morgan fingerprint density at radius 2 is 1.10 bits per heavy atom. The SMILES string of the molecule is N#Cc1ccc(-c2ccc3c4cc5c(cc4n4c6c(c2c34)CCC=C6)c2ccc(-c3ccc(C#N)cc3)c3c4ccccc4n5c23)cc1. The van der Waals surface area contributed by atoms with Gasteiger partial charge in [0.1, 0.15) is 0 Å². The van der Waals surface area contributed by atoms with Gasteiger partial charge in [0, 0.05) is 43.4 Å². The van der Waals surface area contributed by atoms with Crippen molar-refractivity contribution in [2.75, 3.05) is 0 Å². The quantitative estimate of drug-likeness (QED) is 0.196. The van der Waals surface area contributed by atoms with Crippen LogP contribution in [-0.2, 0) is 6.42 Å². The van der Waals surface area contributed by atoms with Crippen LogP contribution in [0.2, 0.25) is 0 Å². The van der Waals surface area contributed by atoms with Gasteiger partial charge in [0.15, 0.2) is 0 Å². The molecular weight excluding hydrogens is 585 g/mol. The molecule has 220 valence electrons. The highest BCUT2D eigenvalue weighted by Gasteiger charge is 2.27. The molecule has 0 N–H and O–H groups in total. The minimum atomic E-state index is 0.667. The zero-order valence-electron chi connectivity index (χ0n) is 25.8. The number of hydrogen-bond donors (Lipinski definition) is 0. The molecule has 0 saturated heterocycles. The standard InChI is InChI=1S/C44H24N4/c45-23-25-9-13-27(14-10-25)29-17-19-31-35-22-40-36(21-39(35)47-37-7-3-1-5-33(37)41(29)43(31)47)32-20-18-30(28-15-11-26(24-46)12-16-28)42-34-6-2-4-8-38(34)48(40)44(32)42/h1,3-5,7-22H,2,6H2. The largest absolute Gasteiger partial charge is 0.308 e. The fourth-order valence-electron chi connectivity index (χ4n) is 8.70. The molecule has 0 saturated carbocycles. The van der Waals surface area contributed by atoms with Gasteiger partial charge in [0.05, 0.1) is 50.8 Å². The van der Waals surface area contributed by atoms with Gasteiger partial charge in [-0.2, -0.15) is 10.5 Å². The summed E-state index contributed by atoms with van der Waals surface area (Å²) < 4.78 is 4.97. The topological polar surface area (TPSA) is 56.4 Å². The van der Waals surface area contributed by atoms with Gasteiger partial charge in [0.25, 0.3) is 0 Å².